The van der Waals surface area contributed by atoms with E-state index in [-0.39, 0.29) is 17.3 Å². The molecule has 1 heterocycles. The molecule has 0 atom stereocenters. The van der Waals surface area contributed by atoms with Gasteiger partial charge in [-0.1, -0.05) is 18.2 Å². The van der Waals surface area contributed by atoms with E-state index < -0.39 is 10.9 Å². The molecule has 0 aliphatic carbocycles. The van der Waals surface area contributed by atoms with Crippen molar-refractivity contribution in [2.45, 2.75) is 13.8 Å². The van der Waals surface area contributed by atoms with Crippen LogP contribution in [-0.4, -0.2) is 16.8 Å². The number of esters is 1. The van der Waals surface area contributed by atoms with Crippen molar-refractivity contribution in [1.29, 1.82) is 0 Å². The largest absolute Gasteiger partial charge is 0.402 e. The summed E-state index contributed by atoms with van der Waals surface area (Å²) in [6, 6.07) is 11.7. The molecule has 3 rings (SSSR count). The molecule has 0 N–H and O–H groups in total. The summed E-state index contributed by atoms with van der Waals surface area (Å²) in [6.45, 7) is 3.96. The normalized spacial score (nSPS) is 15.3. The van der Waals surface area contributed by atoms with Crippen molar-refractivity contribution in [3.63, 3.8) is 0 Å². The van der Waals surface area contributed by atoms with Gasteiger partial charge in [0.2, 0.25) is 5.90 Å². The van der Waals surface area contributed by atoms with Crippen LogP contribution in [0.2, 0.25) is 0 Å². The third kappa shape index (κ3) is 3.08. The van der Waals surface area contributed by atoms with Crippen molar-refractivity contribution in [3.05, 3.63) is 80.5 Å². The second-order valence-electron chi connectivity index (χ2n) is 5.49. The number of rotatable bonds is 3. The van der Waals surface area contributed by atoms with E-state index in [1.165, 1.54) is 18.2 Å². The number of cyclic esters (lactones) is 1. The Morgan fingerprint density at radius 3 is 2.62 bits per heavy atom. The molecular formula is C18H14N2O4. The number of nitrogens with zero attached hydrogens (tertiary/aromatic N) is 2. The molecule has 0 amide bonds. The lowest BCUT2D eigenvalue weighted by atomic mass is 10.1. The molecule has 2 aromatic rings. The highest BCUT2D eigenvalue weighted by molar-refractivity contribution is 6.12. The van der Waals surface area contributed by atoms with Crippen LogP contribution in [0, 0.1) is 24.0 Å². The number of carbonyl (C=O) groups is 1. The van der Waals surface area contributed by atoms with E-state index in [0.29, 0.717) is 11.1 Å². The molecule has 1 aliphatic rings. The summed E-state index contributed by atoms with van der Waals surface area (Å²) in [6.07, 6.45) is 1.48. The zero-order valence-corrected chi connectivity index (χ0v) is 13.1. The number of aliphatic imine (C=N–C) groups is 1. The van der Waals surface area contributed by atoms with Gasteiger partial charge in [0.15, 0.2) is 5.70 Å². The van der Waals surface area contributed by atoms with Crippen molar-refractivity contribution in [3.8, 4) is 0 Å². The second kappa shape index (κ2) is 6.08. The van der Waals surface area contributed by atoms with Crippen LogP contribution >= 0.6 is 0 Å². The average Bonchev–Trinajstić information content (AvgIpc) is 2.91. The van der Waals surface area contributed by atoms with Gasteiger partial charge in [-0.3, -0.25) is 10.1 Å². The zero-order chi connectivity index (χ0) is 17.3. The summed E-state index contributed by atoms with van der Waals surface area (Å²) in [5.41, 5.74) is 3.51. The summed E-state index contributed by atoms with van der Waals surface area (Å²) in [5.74, 6) is -0.338. The number of carbonyl (C=O) groups excluding carboxylic acids is 1. The minimum atomic E-state index is -0.574. The van der Waals surface area contributed by atoms with E-state index in [0.717, 1.165) is 11.1 Å². The molecule has 0 saturated heterocycles. The lowest BCUT2D eigenvalue weighted by Gasteiger charge is -2.03. The lowest BCUT2D eigenvalue weighted by Crippen LogP contribution is -2.05. The van der Waals surface area contributed by atoms with Gasteiger partial charge in [0.25, 0.3) is 5.69 Å². The van der Waals surface area contributed by atoms with E-state index in [9.17, 15) is 14.9 Å². The van der Waals surface area contributed by atoms with Gasteiger partial charge in [0, 0.05) is 17.7 Å². The molecule has 1 aliphatic heterocycles. The molecule has 0 radical (unpaired) electrons. The van der Waals surface area contributed by atoms with E-state index in [1.54, 1.807) is 12.1 Å². The van der Waals surface area contributed by atoms with E-state index >= 15 is 0 Å². The Morgan fingerprint density at radius 1 is 1.12 bits per heavy atom. The smallest absolute Gasteiger partial charge is 0.363 e. The second-order valence-corrected chi connectivity index (χ2v) is 5.49. The number of non-ortho nitro benzene ring substituents is 1. The maximum absolute atomic E-state index is 12.0. The van der Waals surface area contributed by atoms with Gasteiger partial charge in [-0.05, 0) is 48.7 Å². The molecule has 120 valence electrons. The van der Waals surface area contributed by atoms with Crippen molar-refractivity contribution in [2.75, 3.05) is 0 Å². The molecule has 0 fully saturated rings. The highest BCUT2D eigenvalue weighted by atomic mass is 16.6. The monoisotopic (exact) mass is 322 g/mol. The summed E-state index contributed by atoms with van der Waals surface area (Å²) < 4.78 is 5.21. The van der Waals surface area contributed by atoms with E-state index in [4.69, 9.17) is 4.74 Å². The van der Waals surface area contributed by atoms with Crippen LogP contribution in [0.25, 0.3) is 6.08 Å². The standard InChI is InChI=1S/C18H14N2O4/c1-11-6-7-14(8-12(11)2)17-19-16(18(21)24-17)10-13-4-3-5-15(9-13)20(22)23/h3-10H,1-2H3/b16-10+. The molecule has 0 saturated carbocycles. The first kappa shape index (κ1) is 15.6. The SMILES string of the molecule is Cc1ccc(C2=N/C(=C/c3cccc([N+](=O)[O-])c3)C(=O)O2)cc1C. The number of hydrogen-bond acceptors (Lipinski definition) is 5. The third-order valence-electron chi connectivity index (χ3n) is 3.76. The average molecular weight is 322 g/mol. The van der Waals surface area contributed by atoms with Gasteiger partial charge in [0.05, 0.1) is 4.92 Å². The molecule has 0 aromatic heterocycles. The predicted molar refractivity (Wildman–Crippen MR) is 89.6 cm³/mol. The van der Waals surface area contributed by atoms with Gasteiger partial charge in [-0.15, -0.1) is 0 Å². The number of aryl methyl sites for hydroxylation is 2. The first-order valence-electron chi connectivity index (χ1n) is 7.29. The summed E-state index contributed by atoms with van der Waals surface area (Å²) >= 11 is 0. The van der Waals surface area contributed by atoms with Crippen LogP contribution in [-0.2, 0) is 9.53 Å². The van der Waals surface area contributed by atoms with Crippen LogP contribution in [0.3, 0.4) is 0 Å². The molecular weight excluding hydrogens is 308 g/mol. The Labute approximate surface area is 138 Å². The predicted octanol–water partition coefficient (Wildman–Crippen LogP) is 3.56. The van der Waals surface area contributed by atoms with Crippen LogP contribution in [0.15, 0.2) is 53.2 Å². The van der Waals surface area contributed by atoms with Gasteiger partial charge in [0.1, 0.15) is 0 Å². The Bertz CT molecular complexity index is 913. The van der Waals surface area contributed by atoms with Crippen LogP contribution in [0.4, 0.5) is 5.69 Å². The molecule has 6 heteroatoms. The minimum absolute atomic E-state index is 0.0472. The zero-order valence-electron chi connectivity index (χ0n) is 13.1. The Balaban J connectivity index is 1.95. The number of hydrogen-bond donors (Lipinski definition) is 0. The summed E-state index contributed by atoms with van der Waals surface area (Å²) in [4.78, 5) is 26.5. The van der Waals surface area contributed by atoms with Gasteiger partial charge < -0.3 is 4.74 Å². The maximum Gasteiger partial charge on any atom is 0.363 e. The highest BCUT2D eigenvalue weighted by Gasteiger charge is 2.24. The molecule has 0 unspecified atom stereocenters. The maximum atomic E-state index is 12.0. The Morgan fingerprint density at radius 2 is 1.92 bits per heavy atom. The summed E-state index contributed by atoms with van der Waals surface area (Å²) in [5, 5.41) is 10.8. The first-order valence-corrected chi connectivity index (χ1v) is 7.29. The van der Waals surface area contributed by atoms with Crippen molar-refractivity contribution >= 4 is 23.6 Å². The quantitative estimate of drug-likeness (QED) is 0.374. The number of nitro groups is 1. The lowest BCUT2D eigenvalue weighted by molar-refractivity contribution is -0.384. The van der Waals surface area contributed by atoms with Gasteiger partial charge in [-0.25, -0.2) is 9.79 Å². The van der Waals surface area contributed by atoms with E-state index in [1.807, 2.05) is 32.0 Å². The minimum Gasteiger partial charge on any atom is -0.402 e. The number of benzene rings is 2. The topological polar surface area (TPSA) is 81.8 Å². The van der Waals surface area contributed by atoms with Crippen LogP contribution in [0.5, 0.6) is 0 Å². The molecule has 0 bridgehead atoms. The van der Waals surface area contributed by atoms with Crippen molar-refractivity contribution < 1.29 is 14.5 Å². The fourth-order valence-corrected chi connectivity index (χ4v) is 2.29. The fourth-order valence-electron chi connectivity index (χ4n) is 2.29. The fraction of sp³-hybridized carbons (Fsp3) is 0.111. The van der Waals surface area contributed by atoms with Crippen LogP contribution in [0.1, 0.15) is 22.3 Å². The molecule has 24 heavy (non-hydrogen) atoms. The third-order valence-corrected chi connectivity index (χ3v) is 3.76. The Kier molecular flexibility index (Phi) is 3.95. The van der Waals surface area contributed by atoms with Crippen LogP contribution < -0.4 is 0 Å². The van der Waals surface area contributed by atoms with Gasteiger partial charge in [-0.2, -0.15) is 0 Å². The summed E-state index contributed by atoms with van der Waals surface area (Å²) in [7, 11) is 0. The first-order chi connectivity index (χ1) is 11.4. The molecule has 0 spiro atoms. The molecule has 6 nitrogen and oxygen atoms in total. The Hall–Kier alpha value is -3.28. The van der Waals surface area contributed by atoms with E-state index in [2.05, 4.69) is 4.99 Å². The number of ether oxygens (including phenoxy) is 1. The highest BCUT2D eigenvalue weighted by Crippen LogP contribution is 2.22. The van der Waals surface area contributed by atoms with Crippen molar-refractivity contribution in [1.82, 2.24) is 0 Å². The van der Waals surface area contributed by atoms with Gasteiger partial charge >= 0.3 is 5.97 Å². The molecule has 2 aromatic carbocycles. The number of nitro benzene ring substituents is 1. The van der Waals surface area contributed by atoms with Crippen molar-refractivity contribution in [2.24, 2.45) is 4.99 Å².